The highest BCUT2D eigenvalue weighted by molar-refractivity contribution is 7.99. The van der Waals surface area contributed by atoms with Crippen LogP contribution in [0.1, 0.15) is 11.1 Å². The summed E-state index contributed by atoms with van der Waals surface area (Å²) >= 11 is 1.57. The molecule has 0 amide bonds. The third-order valence-electron chi connectivity index (χ3n) is 2.27. The number of sulfone groups is 1. The molecule has 0 atom stereocenters. The van der Waals surface area contributed by atoms with Crippen LogP contribution in [0.15, 0.2) is 30.3 Å². The number of rotatable bonds is 7. The van der Waals surface area contributed by atoms with Gasteiger partial charge in [-0.2, -0.15) is 11.8 Å². The second kappa shape index (κ2) is 7.35. The molecular weight excluding hydrogens is 284 g/mol. The highest BCUT2D eigenvalue weighted by Gasteiger charge is 2.01. The van der Waals surface area contributed by atoms with Crippen molar-refractivity contribution >= 4 is 33.6 Å². The van der Waals surface area contributed by atoms with Crippen molar-refractivity contribution in [1.82, 2.24) is 0 Å². The Morgan fingerprint density at radius 3 is 2.47 bits per heavy atom. The molecular formula is C13H16O4S2. The Bertz CT molecular complexity index is 545. The fourth-order valence-corrected chi connectivity index (χ4v) is 3.55. The summed E-state index contributed by atoms with van der Waals surface area (Å²) in [7, 11) is -2.89. The van der Waals surface area contributed by atoms with Crippen molar-refractivity contribution in [2.24, 2.45) is 0 Å². The average molecular weight is 300 g/mol. The van der Waals surface area contributed by atoms with E-state index in [1.165, 1.54) is 12.3 Å². The number of benzene rings is 1. The van der Waals surface area contributed by atoms with E-state index in [4.69, 9.17) is 5.11 Å². The van der Waals surface area contributed by atoms with Crippen molar-refractivity contribution in [2.75, 3.05) is 17.8 Å². The molecule has 0 unspecified atom stereocenters. The fourth-order valence-electron chi connectivity index (χ4n) is 1.29. The van der Waals surface area contributed by atoms with Gasteiger partial charge in [0.15, 0.2) is 0 Å². The number of thioether (sulfide) groups is 1. The van der Waals surface area contributed by atoms with E-state index in [2.05, 4.69) is 0 Å². The van der Waals surface area contributed by atoms with Crippen molar-refractivity contribution in [2.45, 2.75) is 5.75 Å². The van der Waals surface area contributed by atoms with Gasteiger partial charge < -0.3 is 5.11 Å². The zero-order valence-corrected chi connectivity index (χ0v) is 12.2. The number of carboxylic acids is 1. The monoisotopic (exact) mass is 300 g/mol. The quantitative estimate of drug-likeness (QED) is 0.616. The van der Waals surface area contributed by atoms with Crippen molar-refractivity contribution < 1.29 is 18.3 Å². The van der Waals surface area contributed by atoms with E-state index >= 15 is 0 Å². The number of aliphatic carboxylic acids is 1. The normalized spacial score (nSPS) is 11.8. The zero-order chi connectivity index (χ0) is 14.3. The van der Waals surface area contributed by atoms with Gasteiger partial charge in [-0.15, -0.1) is 0 Å². The molecule has 0 saturated heterocycles. The van der Waals surface area contributed by atoms with E-state index in [0.29, 0.717) is 5.75 Å². The molecule has 1 N–H and O–H groups in total. The van der Waals surface area contributed by atoms with Crippen LogP contribution >= 0.6 is 11.8 Å². The van der Waals surface area contributed by atoms with Gasteiger partial charge in [-0.05, 0) is 17.2 Å². The van der Waals surface area contributed by atoms with Crippen LogP contribution in [0.25, 0.3) is 6.08 Å². The molecule has 1 rings (SSSR count). The number of hydrogen-bond donors (Lipinski definition) is 1. The topological polar surface area (TPSA) is 71.4 Å². The number of carboxylic acid groups (broad SMARTS) is 1. The van der Waals surface area contributed by atoms with Crippen molar-refractivity contribution in [3.63, 3.8) is 0 Å². The summed E-state index contributed by atoms with van der Waals surface area (Å²) < 4.78 is 21.9. The molecule has 1 aromatic rings. The first-order valence-corrected chi connectivity index (χ1v) is 8.84. The largest absolute Gasteiger partial charge is 0.478 e. The molecule has 0 radical (unpaired) electrons. The highest BCUT2D eigenvalue weighted by atomic mass is 32.2. The molecule has 0 spiro atoms. The van der Waals surface area contributed by atoms with Crippen molar-refractivity contribution in [3.8, 4) is 0 Å². The Hall–Kier alpha value is -1.27. The van der Waals surface area contributed by atoms with Crippen LogP contribution in [0.2, 0.25) is 0 Å². The summed E-state index contributed by atoms with van der Waals surface area (Å²) in [6.45, 7) is 0. The molecule has 0 saturated carbocycles. The van der Waals surface area contributed by atoms with Gasteiger partial charge in [0.2, 0.25) is 0 Å². The predicted octanol–water partition coefficient (Wildman–Crippen LogP) is 2.06. The molecule has 0 aliphatic rings. The van der Waals surface area contributed by atoms with Gasteiger partial charge in [0.25, 0.3) is 0 Å². The van der Waals surface area contributed by atoms with Gasteiger partial charge in [0.05, 0.1) is 5.75 Å². The number of hydrogen-bond acceptors (Lipinski definition) is 4. The number of carbonyl (C=O) groups is 1. The lowest BCUT2D eigenvalue weighted by Gasteiger charge is -2.02. The van der Waals surface area contributed by atoms with Gasteiger partial charge in [-0.25, -0.2) is 13.2 Å². The van der Waals surface area contributed by atoms with Gasteiger partial charge in [-0.1, -0.05) is 24.3 Å². The van der Waals surface area contributed by atoms with Crippen LogP contribution in [0.4, 0.5) is 0 Å². The maximum Gasteiger partial charge on any atom is 0.328 e. The van der Waals surface area contributed by atoms with Crippen LogP contribution in [0.5, 0.6) is 0 Å². The first-order chi connectivity index (χ1) is 8.87. The molecule has 19 heavy (non-hydrogen) atoms. The third-order valence-corrected chi connectivity index (χ3v) is 4.50. The predicted molar refractivity (Wildman–Crippen MR) is 79.0 cm³/mol. The molecule has 0 bridgehead atoms. The molecule has 6 heteroatoms. The third kappa shape index (κ3) is 7.69. The second-order valence-corrected chi connectivity index (χ2v) is 7.46. The van der Waals surface area contributed by atoms with E-state index in [9.17, 15) is 13.2 Å². The standard InChI is InChI=1S/C13H16O4S2/c1-19(16,17)9-8-18-10-12-4-2-11(3-5-12)6-7-13(14)15/h2-7H,8-10H2,1H3,(H,14,15). The fraction of sp³-hybridized carbons (Fsp3) is 0.308. The van der Waals surface area contributed by atoms with Gasteiger partial charge in [0.1, 0.15) is 9.84 Å². The Labute approximate surface area is 117 Å². The molecule has 0 aromatic heterocycles. The summed E-state index contributed by atoms with van der Waals surface area (Å²) in [4.78, 5) is 10.4. The lowest BCUT2D eigenvalue weighted by Crippen LogP contribution is -2.05. The molecule has 0 heterocycles. The Morgan fingerprint density at radius 2 is 1.95 bits per heavy atom. The summed E-state index contributed by atoms with van der Waals surface area (Å²) in [5.74, 6) is 0.551. The van der Waals surface area contributed by atoms with Crippen LogP contribution in [-0.2, 0) is 20.4 Å². The van der Waals surface area contributed by atoms with Crippen LogP contribution in [0, 0.1) is 0 Å². The van der Waals surface area contributed by atoms with E-state index < -0.39 is 15.8 Å². The minimum Gasteiger partial charge on any atom is -0.478 e. The van der Waals surface area contributed by atoms with E-state index in [-0.39, 0.29) is 5.75 Å². The lowest BCUT2D eigenvalue weighted by atomic mass is 10.1. The second-order valence-electron chi connectivity index (χ2n) is 4.10. The minimum absolute atomic E-state index is 0.192. The zero-order valence-electron chi connectivity index (χ0n) is 10.6. The van der Waals surface area contributed by atoms with Gasteiger partial charge in [-0.3, -0.25) is 0 Å². The molecule has 4 nitrogen and oxygen atoms in total. The van der Waals surface area contributed by atoms with Gasteiger partial charge in [0, 0.05) is 23.8 Å². The smallest absolute Gasteiger partial charge is 0.328 e. The maximum absolute atomic E-state index is 10.9. The Balaban J connectivity index is 2.42. The van der Waals surface area contributed by atoms with E-state index in [1.54, 1.807) is 11.8 Å². The molecule has 0 fully saturated rings. The van der Waals surface area contributed by atoms with E-state index in [1.807, 2.05) is 24.3 Å². The lowest BCUT2D eigenvalue weighted by molar-refractivity contribution is -0.131. The van der Waals surface area contributed by atoms with Crippen LogP contribution in [-0.4, -0.2) is 37.3 Å². The first kappa shape index (κ1) is 15.8. The maximum atomic E-state index is 10.9. The van der Waals surface area contributed by atoms with Crippen molar-refractivity contribution in [1.29, 1.82) is 0 Å². The summed E-state index contributed by atoms with van der Waals surface area (Å²) in [5.41, 5.74) is 1.92. The van der Waals surface area contributed by atoms with Crippen LogP contribution in [0.3, 0.4) is 0 Å². The Morgan fingerprint density at radius 1 is 1.32 bits per heavy atom. The minimum atomic E-state index is -2.89. The van der Waals surface area contributed by atoms with Crippen molar-refractivity contribution in [3.05, 3.63) is 41.5 Å². The highest BCUT2D eigenvalue weighted by Crippen LogP contribution is 2.14. The summed E-state index contributed by atoms with van der Waals surface area (Å²) in [6, 6.07) is 7.50. The molecule has 1 aromatic carbocycles. The van der Waals surface area contributed by atoms with Crippen LogP contribution < -0.4 is 0 Å². The summed E-state index contributed by atoms with van der Waals surface area (Å²) in [6.07, 6.45) is 3.86. The molecule has 0 aliphatic heterocycles. The van der Waals surface area contributed by atoms with Gasteiger partial charge >= 0.3 is 5.97 Å². The Kier molecular flexibility index (Phi) is 6.11. The first-order valence-electron chi connectivity index (χ1n) is 5.62. The van der Waals surface area contributed by atoms with E-state index in [0.717, 1.165) is 23.0 Å². The molecule has 104 valence electrons. The summed E-state index contributed by atoms with van der Waals surface area (Å²) in [5, 5.41) is 8.50. The SMILES string of the molecule is CS(=O)(=O)CCSCc1ccc(C=CC(=O)O)cc1. The molecule has 0 aliphatic carbocycles. The average Bonchev–Trinajstić information content (AvgIpc) is 2.32.